The normalized spacial score (nSPS) is 15.2. The van der Waals surface area contributed by atoms with Crippen LogP contribution in [0.4, 0.5) is 5.69 Å². The maximum absolute atomic E-state index is 14.4. The number of anilines is 1. The molecule has 5 nitrogen and oxygen atoms in total. The predicted octanol–water partition coefficient (Wildman–Crippen LogP) is 7.60. The first-order valence-electron chi connectivity index (χ1n) is 14.4. The van der Waals surface area contributed by atoms with E-state index in [4.69, 9.17) is 4.74 Å². The summed E-state index contributed by atoms with van der Waals surface area (Å²) in [6, 6.07) is 11.0. The third-order valence-corrected chi connectivity index (χ3v) is 8.08. The largest absolute Gasteiger partial charge is 0.483 e. The van der Waals surface area contributed by atoms with E-state index in [-0.39, 0.29) is 16.3 Å². The summed E-state index contributed by atoms with van der Waals surface area (Å²) in [5.41, 5.74) is 5.91. The van der Waals surface area contributed by atoms with Crippen LogP contribution >= 0.6 is 0 Å². The molecule has 0 unspecified atom stereocenters. The Kier molecular flexibility index (Phi) is 6.61. The van der Waals surface area contributed by atoms with E-state index in [0.29, 0.717) is 5.39 Å². The lowest BCUT2D eigenvalue weighted by molar-refractivity contribution is 0.159. The van der Waals surface area contributed by atoms with Gasteiger partial charge < -0.3 is 19.5 Å². The van der Waals surface area contributed by atoms with Crippen LogP contribution in [-0.4, -0.2) is 42.3 Å². The fourth-order valence-corrected chi connectivity index (χ4v) is 5.93. The molecule has 0 radical (unpaired) electrons. The molecule has 0 bridgehead atoms. The number of benzene rings is 3. The van der Waals surface area contributed by atoms with Crippen molar-refractivity contribution >= 4 is 44.3 Å². The van der Waals surface area contributed by atoms with E-state index in [2.05, 4.69) is 128 Å². The molecule has 0 spiro atoms. The first-order chi connectivity index (χ1) is 18.5. The molecule has 0 aliphatic carbocycles. The number of likely N-dealkylation sites (N-methyl/N-ethyl adjacent to an activating group) is 1. The van der Waals surface area contributed by atoms with Crippen LogP contribution in [0.2, 0.25) is 0 Å². The van der Waals surface area contributed by atoms with Gasteiger partial charge in [-0.2, -0.15) is 0 Å². The third-order valence-electron chi connectivity index (χ3n) is 8.08. The van der Waals surface area contributed by atoms with E-state index in [0.717, 1.165) is 57.3 Å². The quantitative estimate of drug-likeness (QED) is 0.271. The summed E-state index contributed by atoms with van der Waals surface area (Å²) in [6.45, 7) is 19.3. The van der Waals surface area contributed by atoms with Crippen molar-refractivity contribution in [3.8, 4) is 5.75 Å². The summed E-state index contributed by atoms with van der Waals surface area (Å²) in [6.07, 6.45) is 4.19. The molecule has 40 heavy (non-hydrogen) atoms. The maximum atomic E-state index is 14.4. The summed E-state index contributed by atoms with van der Waals surface area (Å²) in [5, 5.41) is 7.27. The van der Waals surface area contributed by atoms with E-state index >= 15 is 0 Å². The lowest BCUT2D eigenvalue weighted by Gasteiger charge is -2.31. The highest BCUT2D eigenvalue weighted by atomic mass is 16.5. The zero-order chi connectivity index (χ0) is 29.4. The van der Waals surface area contributed by atoms with Crippen LogP contribution in [0.3, 0.4) is 0 Å². The molecule has 1 N–H and O–H groups in total. The number of hydrogen-bond acceptors (Lipinski definition) is 4. The number of nitrogens with zero attached hydrogens (tertiary/aromatic N) is 2. The molecule has 0 amide bonds. The Bertz CT molecular complexity index is 1740. The minimum atomic E-state index is -0.415. The van der Waals surface area contributed by atoms with Gasteiger partial charge in [-0.05, 0) is 85.0 Å². The highest BCUT2D eigenvalue weighted by molar-refractivity contribution is 6.08. The Morgan fingerprint density at radius 2 is 1.52 bits per heavy atom. The van der Waals surface area contributed by atoms with E-state index in [1.165, 1.54) is 11.1 Å². The minimum Gasteiger partial charge on any atom is -0.483 e. The SMILES string of the molecule is CN(C)CCNc1cc2c(c3c1c(=O)c1cc4cc(C(C)(C)C)c(C(C)(C)C)cc4cc1n3C)C=CC(C)(C)O2. The molecule has 0 saturated heterocycles. The van der Waals surface area contributed by atoms with E-state index in [1.807, 2.05) is 6.07 Å². The standard InChI is InChI=1S/C35H45N3O2/c1-33(2,3)25-17-21-16-24-28(19-22(21)18-26(25)34(4,5)6)38(11)31-23-12-13-35(7,8)40-29(23)20-27(30(31)32(24)39)36-14-15-37(9)10/h12-13,16-20,36H,14-15H2,1-11H3. The van der Waals surface area contributed by atoms with Crippen molar-refractivity contribution in [3.05, 3.63) is 63.3 Å². The molecule has 0 fully saturated rings. The monoisotopic (exact) mass is 539 g/mol. The maximum Gasteiger partial charge on any atom is 0.199 e. The molecule has 1 aromatic heterocycles. The predicted molar refractivity (Wildman–Crippen MR) is 172 cm³/mol. The number of aryl methyl sites for hydroxylation is 1. The van der Waals surface area contributed by atoms with Gasteiger partial charge in [0.2, 0.25) is 0 Å². The number of fused-ring (bicyclic) bond motifs is 5. The zero-order valence-corrected chi connectivity index (χ0v) is 26.2. The molecular formula is C35H45N3O2. The topological polar surface area (TPSA) is 46.5 Å². The minimum absolute atomic E-state index is 0.00215. The average Bonchev–Trinajstić information content (AvgIpc) is 2.83. The summed E-state index contributed by atoms with van der Waals surface area (Å²) in [7, 11) is 6.18. The van der Waals surface area contributed by atoms with Gasteiger partial charge in [-0.15, -0.1) is 0 Å². The fraction of sp³-hybridized carbons (Fsp3) is 0.457. The van der Waals surface area contributed by atoms with Crippen LogP contribution in [0.15, 0.2) is 41.2 Å². The summed E-state index contributed by atoms with van der Waals surface area (Å²) in [5.74, 6) is 0.798. The number of rotatable bonds is 4. The van der Waals surface area contributed by atoms with Gasteiger partial charge in [0.05, 0.1) is 22.1 Å². The zero-order valence-electron chi connectivity index (χ0n) is 26.2. The molecule has 0 saturated carbocycles. The third kappa shape index (κ3) is 4.89. The Hall–Kier alpha value is -3.31. The number of pyridine rings is 1. The first-order valence-corrected chi connectivity index (χ1v) is 14.4. The second-order valence-electron chi connectivity index (χ2n) is 14.3. The molecule has 4 aromatic rings. The molecule has 5 rings (SSSR count). The van der Waals surface area contributed by atoms with Crippen molar-refractivity contribution in [1.29, 1.82) is 0 Å². The highest BCUT2D eigenvalue weighted by Crippen LogP contribution is 2.41. The molecule has 3 aromatic carbocycles. The van der Waals surface area contributed by atoms with Crippen LogP contribution in [0.25, 0.3) is 38.7 Å². The lowest BCUT2D eigenvalue weighted by Crippen LogP contribution is -2.28. The van der Waals surface area contributed by atoms with Crippen LogP contribution < -0.4 is 15.5 Å². The van der Waals surface area contributed by atoms with Gasteiger partial charge in [0.1, 0.15) is 11.4 Å². The number of hydrogen-bond donors (Lipinski definition) is 1. The smallest absolute Gasteiger partial charge is 0.199 e. The summed E-state index contributed by atoms with van der Waals surface area (Å²) in [4.78, 5) is 16.5. The summed E-state index contributed by atoms with van der Waals surface area (Å²) < 4.78 is 8.60. The molecular weight excluding hydrogens is 494 g/mol. The van der Waals surface area contributed by atoms with Gasteiger partial charge in [0, 0.05) is 37.2 Å². The van der Waals surface area contributed by atoms with E-state index in [1.54, 1.807) is 0 Å². The number of nitrogens with one attached hydrogen (secondary N) is 1. The van der Waals surface area contributed by atoms with Crippen molar-refractivity contribution < 1.29 is 4.74 Å². The number of aromatic nitrogens is 1. The Morgan fingerprint density at radius 1 is 0.925 bits per heavy atom. The van der Waals surface area contributed by atoms with Crippen molar-refractivity contribution in [3.63, 3.8) is 0 Å². The lowest BCUT2D eigenvalue weighted by atomic mass is 9.74. The van der Waals surface area contributed by atoms with Gasteiger partial charge >= 0.3 is 0 Å². The second-order valence-corrected chi connectivity index (χ2v) is 14.3. The Morgan fingerprint density at radius 3 is 2.10 bits per heavy atom. The van der Waals surface area contributed by atoms with Crippen LogP contribution in [0.1, 0.15) is 72.1 Å². The Labute approximate surface area is 238 Å². The van der Waals surface area contributed by atoms with Crippen molar-refractivity contribution in [2.24, 2.45) is 7.05 Å². The van der Waals surface area contributed by atoms with Gasteiger partial charge in [0.15, 0.2) is 5.43 Å². The fourth-order valence-electron chi connectivity index (χ4n) is 5.93. The van der Waals surface area contributed by atoms with Gasteiger partial charge in [0.25, 0.3) is 0 Å². The molecule has 2 heterocycles. The van der Waals surface area contributed by atoms with Crippen LogP contribution in [0, 0.1) is 0 Å². The molecule has 212 valence electrons. The number of ether oxygens (including phenoxy) is 1. The van der Waals surface area contributed by atoms with Crippen molar-refractivity contribution in [2.45, 2.75) is 71.8 Å². The van der Waals surface area contributed by atoms with Crippen molar-refractivity contribution in [1.82, 2.24) is 9.47 Å². The second kappa shape index (κ2) is 9.37. The molecule has 1 aliphatic heterocycles. The van der Waals surface area contributed by atoms with Gasteiger partial charge in [-0.1, -0.05) is 53.7 Å². The van der Waals surface area contributed by atoms with Gasteiger partial charge in [-0.25, -0.2) is 0 Å². The van der Waals surface area contributed by atoms with E-state index in [9.17, 15) is 4.79 Å². The molecule has 1 aliphatic rings. The average molecular weight is 540 g/mol. The molecule has 0 atom stereocenters. The van der Waals surface area contributed by atoms with Gasteiger partial charge in [-0.3, -0.25) is 4.79 Å². The van der Waals surface area contributed by atoms with Crippen LogP contribution in [-0.2, 0) is 17.9 Å². The van der Waals surface area contributed by atoms with Crippen molar-refractivity contribution in [2.75, 3.05) is 32.5 Å². The highest BCUT2D eigenvalue weighted by Gasteiger charge is 2.28. The Balaban J connectivity index is 1.88. The molecule has 5 heteroatoms. The van der Waals surface area contributed by atoms with Crippen LogP contribution in [0.5, 0.6) is 5.75 Å². The summed E-state index contributed by atoms with van der Waals surface area (Å²) >= 11 is 0. The van der Waals surface area contributed by atoms with E-state index < -0.39 is 5.60 Å². The first kappa shape index (κ1) is 28.2.